The zero-order chi connectivity index (χ0) is 17.5. The highest BCUT2D eigenvalue weighted by atomic mass is 16.5. The van der Waals surface area contributed by atoms with Crippen molar-refractivity contribution in [2.24, 2.45) is 5.92 Å². The number of hydrogen-bond acceptors (Lipinski definition) is 4. The monoisotopic (exact) mass is 347 g/mol. The van der Waals surface area contributed by atoms with Gasteiger partial charge in [-0.2, -0.15) is 0 Å². The fourth-order valence-corrected chi connectivity index (χ4v) is 3.06. The lowest BCUT2D eigenvalue weighted by Gasteiger charge is -2.36. The molecule has 6 heteroatoms. The molecule has 1 saturated heterocycles. The molecule has 1 aliphatic heterocycles. The van der Waals surface area contributed by atoms with E-state index >= 15 is 0 Å². The Morgan fingerprint density at radius 3 is 2.68 bits per heavy atom. The van der Waals surface area contributed by atoms with Crippen molar-refractivity contribution in [3.8, 4) is 5.75 Å². The second-order valence-corrected chi connectivity index (χ2v) is 6.75. The van der Waals surface area contributed by atoms with E-state index in [0.717, 1.165) is 63.2 Å². The van der Waals surface area contributed by atoms with E-state index in [9.17, 15) is 4.79 Å². The average Bonchev–Trinajstić information content (AvgIpc) is 3.49. The molecule has 0 spiro atoms. The van der Waals surface area contributed by atoms with Crippen LogP contribution in [0.25, 0.3) is 0 Å². The van der Waals surface area contributed by atoms with E-state index in [0.29, 0.717) is 6.54 Å². The van der Waals surface area contributed by atoms with Gasteiger partial charge in [-0.25, -0.2) is 4.79 Å². The van der Waals surface area contributed by atoms with Crippen LogP contribution in [-0.2, 0) is 4.74 Å². The molecular formula is C19H29N3O3. The molecule has 3 rings (SSSR count). The van der Waals surface area contributed by atoms with Crippen LogP contribution in [0.2, 0.25) is 0 Å². The molecule has 2 fully saturated rings. The third kappa shape index (κ3) is 5.26. The van der Waals surface area contributed by atoms with E-state index in [4.69, 9.17) is 9.47 Å². The highest BCUT2D eigenvalue weighted by Crippen LogP contribution is 2.29. The van der Waals surface area contributed by atoms with Gasteiger partial charge < -0.3 is 24.6 Å². The van der Waals surface area contributed by atoms with Crippen molar-refractivity contribution in [1.82, 2.24) is 10.2 Å². The summed E-state index contributed by atoms with van der Waals surface area (Å²) < 4.78 is 11.0. The Morgan fingerprint density at radius 2 is 1.96 bits per heavy atom. The lowest BCUT2D eigenvalue weighted by Crippen LogP contribution is -2.52. The Labute approximate surface area is 150 Å². The molecule has 2 aliphatic rings. The number of carbonyl (C=O) groups is 1. The number of hydrogen-bond donors (Lipinski definition) is 1. The van der Waals surface area contributed by atoms with Crippen LogP contribution in [0.1, 0.15) is 19.3 Å². The molecule has 1 saturated carbocycles. The zero-order valence-electron chi connectivity index (χ0n) is 15.1. The summed E-state index contributed by atoms with van der Waals surface area (Å²) >= 11 is 0. The minimum atomic E-state index is 0.0295. The molecule has 1 aromatic rings. The Morgan fingerprint density at radius 1 is 1.20 bits per heavy atom. The van der Waals surface area contributed by atoms with Crippen LogP contribution in [0.3, 0.4) is 0 Å². The maximum Gasteiger partial charge on any atom is 0.317 e. The Bertz CT molecular complexity index is 555. The maximum atomic E-state index is 12.2. The van der Waals surface area contributed by atoms with Gasteiger partial charge in [-0.1, -0.05) is 12.1 Å². The van der Waals surface area contributed by atoms with Crippen LogP contribution in [0.15, 0.2) is 24.3 Å². The smallest absolute Gasteiger partial charge is 0.317 e. The van der Waals surface area contributed by atoms with Gasteiger partial charge in [0.25, 0.3) is 0 Å². The van der Waals surface area contributed by atoms with E-state index in [1.54, 1.807) is 7.11 Å². The molecule has 1 aromatic carbocycles. The summed E-state index contributed by atoms with van der Waals surface area (Å²) in [6.07, 6.45) is 3.51. The second kappa shape index (κ2) is 8.94. The van der Waals surface area contributed by atoms with Gasteiger partial charge in [-0.15, -0.1) is 0 Å². The topological polar surface area (TPSA) is 54.0 Å². The number of rotatable bonds is 8. The summed E-state index contributed by atoms with van der Waals surface area (Å²) in [4.78, 5) is 16.4. The summed E-state index contributed by atoms with van der Waals surface area (Å²) in [5.41, 5.74) is 1.10. The summed E-state index contributed by atoms with van der Waals surface area (Å²) in [5, 5.41) is 3.00. The van der Waals surface area contributed by atoms with Gasteiger partial charge in [0.05, 0.1) is 12.8 Å². The zero-order valence-corrected chi connectivity index (χ0v) is 15.1. The summed E-state index contributed by atoms with van der Waals surface area (Å²) in [6, 6.07) is 8.06. The standard InChI is InChI=1S/C19H29N3O3/c1-24-18-6-3-2-5-17(18)21-10-12-22(13-11-21)19(23)20-9-4-14-25-15-16-7-8-16/h2-3,5-6,16H,4,7-15H2,1H3,(H,20,23). The molecule has 1 N–H and O–H groups in total. The van der Waals surface area contributed by atoms with Crippen molar-refractivity contribution in [2.45, 2.75) is 19.3 Å². The van der Waals surface area contributed by atoms with E-state index in [2.05, 4.69) is 16.3 Å². The van der Waals surface area contributed by atoms with Gasteiger partial charge in [-0.05, 0) is 37.3 Å². The second-order valence-electron chi connectivity index (χ2n) is 6.75. The highest BCUT2D eigenvalue weighted by molar-refractivity contribution is 5.74. The van der Waals surface area contributed by atoms with Crippen LogP contribution < -0.4 is 15.0 Å². The van der Waals surface area contributed by atoms with Crippen molar-refractivity contribution >= 4 is 11.7 Å². The normalized spacial score (nSPS) is 17.5. The molecule has 0 unspecified atom stereocenters. The third-order valence-electron chi connectivity index (χ3n) is 4.78. The number of piperazine rings is 1. The largest absolute Gasteiger partial charge is 0.495 e. The van der Waals surface area contributed by atoms with E-state index in [-0.39, 0.29) is 6.03 Å². The van der Waals surface area contributed by atoms with Crippen LogP contribution in [0.5, 0.6) is 5.75 Å². The Balaban J connectivity index is 1.34. The number of methoxy groups -OCH3 is 1. The maximum absolute atomic E-state index is 12.2. The first-order valence-corrected chi connectivity index (χ1v) is 9.26. The lowest BCUT2D eigenvalue weighted by atomic mass is 10.2. The number of anilines is 1. The number of ether oxygens (including phenoxy) is 2. The Kier molecular flexibility index (Phi) is 6.39. The highest BCUT2D eigenvalue weighted by Gasteiger charge is 2.23. The molecule has 0 atom stereocenters. The lowest BCUT2D eigenvalue weighted by molar-refractivity contribution is 0.121. The SMILES string of the molecule is COc1ccccc1N1CCN(C(=O)NCCCOCC2CC2)CC1. The van der Waals surface area contributed by atoms with Crippen molar-refractivity contribution < 1.29 is 14.3 Å². The minimum Gasteiger partial charge on any atom is -0.495 e. The van der Waals surface area contributed by atoms with Crippen molar-refractivity contribution in [1.29, 1.82) is 0 Å². The molecule has 1 heterocycles. The molecule has 0 aromatic heterocycles. The summed E-state index contributed by atoms with van der Waals surface area (Å²) in [5.74, 6) is 1.68. The van der Waals surface area contributed by atoms with Gasteiger partial charge in [0.1, 0.15) is 5.75 Å². The number of benzene rings is 1. The molecule has 138 valence electrons. The number of carbonyl (C=O) groups excluding carboxylic acids is 1. The predicted octanol–water partition coefficient (Wildman–Crippen LogP) is 2.34. The van der Waals surface area contributed by atoms with Gasteiger partial charge >= 0.3 is 6.03 Å². The molecule has 2 amide bonds. The molecule has 6 nitrogen and oxygen atoms in total. The molecule has 0 bridgehead atoms. The first-order valence-electron chi connectivity index (χ1n) is 9.26. The number of urea groups is 1. The predicted molar refractivity (Wildman–Crippen MR) is 98.3 cm³/mol. The van der Waals surface area contributed by atoms with Gasteiger partial charge in [0.15, 0.2) is 0 Å². The fourth-order valence-electron chi connectivity index (χ4n) is 3.06. The van der Waals surface area contributed by atoms with Crippen LogP contribution >= 0.6 is 0 Å². The third-order valence-corrected chi connectivity index (χ3v) is 4.78. The van der Waals surface area contributed by atoms with Crippen LogP contribution in [0.4, 0.5) is 10.5 Å². The summed E-state index contributed by atoms with van der Waals surface area (Å²) in [6.45, 7) is 5.38. The Hall–Kier alpha value is -1.95. The van der Waals surface area contributed by atoms with E-state index in [1.165, 1.54) is 12.8 Å². The number of para-hydroxylation sites is 2. The van der Waals surface area contributed by atoms with Gasteiger partial charge in [0, 0.05) is 45.9 Å². The van der Waals surface area contributed by atoms with Crippen molar-refractivity contribution in [2.75, 3.05) is 57.9 Å². The van der Waals surface area contributed by atoms with E-state index in [1.807, 2.05) is 23.1 Å². The number of nitrogens with zero attached hydrogens (tertiary/aromatic N) is 2. The molecular weight excluding hydrogens is 318 g/mol. The fraction of sp³-hybridized carbons (Fsp3) is 0.632. The molecule has 25 heavy (non-hydrogen) atoms. The van der Waals surface area contributed by atoms with Crippen LogP contribution in [0, 0.1) is 5.92 Å². The van der Waals surface area contributed by atoms with Crippen molar-refractivity contribution in [3.05, 3.63) is 24.3 Å². The van der Waals surface area contributed by atoms with Gasteiger partial charge in [-0.3, -0.25) is 0 Å². The molecule has 0 radical (unpaired) electrons. The first-order chi connectivity index (χ1) is 12.3. The quantitative estimate of drug-likeness (QED) is 0.734. The van der Waals surface area contributed by atoms with E-state index < -0.39 is 0 Å². The molecule has 1 aliphatic carbocycles. The minimum absolute atomic E-state index is 0.0295. The number of nitrogens with one attached hydrogen (secondary N) is 1. The first kappa shape index (κ1) is 17.9. The number of amides is 2. The van der Waals surface area contributed by atoms with Gasteiger partial charge in [0.2, 0.25) is 0 Å². The average molecular weight is 347 g/mol. The van der Waals surface area contributed by atoms with Crippen LogP contribution in [-0.4, -0.2) is 64.0 Å². The summed E-state index contributed by atoms with van der Waals surface area (Å²) in [7, 11) is 1.69. The van der Waals surface area contributed by atoms with Crippen molar-refractivity contribution in [3.63, 3.8) is 0 Å².